The van der Waals surface area contributed by atoms with Gasteiger partial charge in [-0.25, -0.2) is 4.79 Å². The predicted molar refractivity (Wildman–Crippen MR) is 84.5 cm³/mol. The molecule has 112 valence electrons. The maximum Gasteiger partial charge on any atom is 0.330 e. The molecule has 1 aliphatic rings. The molecular formula is C13H22N4O2S. The summed E-state index contributed by atoms with van der Waals surface area (Å²) in [4.78, 5) is 26.0. The maximum absolute atomic E-state index is 11.9. The molecule has 1 aromatic heterocycles. The third-order valence-electron chi connectivity index (χ3n) is 3.38. The van der Waals surface area contributed by atoms with Crippen LogP contribution in [0.2, 0.25) is 0 Å². The monoisotopic (exact) mass is 298 g/mol. The van der Waals surface area contributed by atoms with Gasteiger partial charge in [0, 0.05) is 13.1 Å². The highest BCUT2D eigenvalue weighted by molar-refractivity contribution is 7.99. The number of aromatic amines is 1. The van der Waals surface area contributed by atoms with Crippen molar-refractivity contribution in [2.24, 2.45) is 11.8 Å². The number of H-pyrrole nitrogens is 1. The van der Waals surface area contributed by atoms with E-state index in [0.717, 1.165) is 18.7 Å². The molecule has 4 N–H and O–H groups in total. The third kappa shape index (κ3) is 3.39. The van der Waals surface area contributed by atoms with Gasteiger partial charge in [-0.15, -0.1) is 0 Å². The maximum atomic E-state index is 11.9. The van der Waals surface area contributed by atoms with E-state index in [0.29, 0.717) is 18.2 Å². The van der Waals surface area contributed by atoms with Crippen LogP contribution in [0.15, 0.2) is 9.59 Å². The second kappa shape index (κ2) is 6.39. The average Bonchev–Trinajstić information content (AvgIpc) is 2.87. The standard InChI is InChI=1S/C13H22N4O2S/c1-8(2)6-17-11(14)10(12(18)16-13(17)19)15-5-9-3-4-20-7-9/h8-9,15H,3-7,14H2,1-2H3,(H,16,18,19). The lowest BCUT2D eigenvalue weighted by atomic mass is 10.1. The Kier molecular flexibility index (Phi) is 4.80. The Labute approximate surface area is 122 Å². The van der Waals surface area contributed by atoms with Crippen molar-refractivity contribution in [3.05, 3.63) is 20.8 Å². The second-order valence-electron chi connectivity index (χ2n) is 5.63. The molecule has 1 atom stereocenters. The van der Waals surface area contributed by atoms with Crippen molar-refractivity contribution in [3.8, 4) is 0 Å². The van der Waals surface area contributed by atoms with Crippen LogP contribution in [-0.4, -0.2) is 27.6 Å². The fourth-order valence-electron chi connectivity index (χ4n) is 2.30. The summed E-state index contributed by atoms with van der Waals surface area (Å²) in [5.74, 6) is 3.35. The Bertz CT molecular complexity index is 573. The smallest absolute Gasteiger partial charge is 0.330 e. The molecule has 1 fully saturated rings. The molecule has 7 heteroatoms. The Morgan fingerprint density at radius 2 is 2.25 bits per heavy atom. The van der Waals surface area contributed by atoms with Crippen LogP contribution in [-0.2, 0) is 6.54 Å². The van der Waals surface area contributed by atoms with Crippen LogP contribution < -0.4 is 22.3 Å². The molecule has 2 rings (SSSR count). The largest absolute Gasteiger partial charge is 0.383 e. The van der Waals surface area contributed by atoms with Gasteiger partial charge in [0.2, 0.25) is 0 Å². The molecule has 0 bridgehead atoms. The lowest BCUT2D eigenvalue weighted by Gasteiger charge is -2.16. The lowest BCUT2D eigenvalue weighted by molar-refractivity contribution is 0.508. The zero-order valence-electron chi connectivity index (χ0n) is 11.9. The first-order chi connectivity index (χ1) is 9.49. The number of anilines is 2. The molecule has 0 aliphatic carbocycles. The molecule has 1 unspecified atom stereocenters. The highest BCUT2D eigenvalue weighted by atomic mass is 32.2. The fourth-order valence-corrected chi connectivity index (χ4v) is 3.58. The van der Waals surface area contributed by atoms with E-state index in [1.54, 1.807) is 0 Å². The number of rotatable bonds is 5. The first kappa shape index (κ1) is 15.0. The SMILES string of the molecule is CC(C)Cn1c(N)c(NCC2CCSC2)c(=O)[nH]c1=O. The highest BCUT2D eigenvalue weighted by Crippen LogP contribution is 2.24. The van der Waals surface area contributed by atoms with E-state index in [-0.39, 0.29) is 11.7 Å². The molecular weight excluding hydrogens is 276 g/mol. The van der Waals surface area contributed by atoms with Crippen LogP contribution in [0.1, 0.15) is 20.3 Å². The molecule has 0 amide bonds. The molecule has 1 saturated heterocycles. The summed E-state index contributed by atoms with van der Waals surface area (Å²) in [5, 5.41) is 3.12. The van der Waals surface area contributed by atoms with Gasteiger partial charge in [-0.1, -0.05) is 13.8 Å². The van der Waals surface area contributed by atoms with Gasteiger partial charge in [0.25, 0.3) is 5.56 Å². The van der Waals surface area contributed by atoms with Crippen molar-refractivity contribution < 1.29 is 0 Å². The summed E-state index contributed by atoms with van der Waals surface area (Å²) >= 11 is 1.93. The van der Waals surface area contributed by atoms with Gasteiger partial charge in [0.15, 0.2) is 0 Å². The fraction of sp³-hybridized carbons (Fsp3) is 0.692. The van der Waals surface area contributed by atoms with Gasteiger partial charge in [-0.2, -0.15) is 11.8 Å². The summed E-state index contributed by atoms with van der Waals surface area (Å²) in [6.45, 7) is 5.22. The number of nitrogens with zero attached hydrogens (tertiary/aromatic N) is 1. The van der Waals surface area contributed by atoms with Gasteiger partial charge < -0.3 is 11.1 Å². The van der Waals surface area contributed by atoms with Gasteiger partial charge in [0.1, 0.15) is 11.5 Å². The minimum atomic E-state index is -0.442. The number of hydrogen-bond donors (Lipinski definition) is 3. The number of thioether (sulfide) groups is 1. The summed E-state index contributed by atoms with van der Waals surface area (Å²) < 4.78 is 1.43. The topological polar surface area (TPSA) is 92.9 Å². The molecule has 2 heterocycles. The van der Waals surface area contributed by atoms with Gasteiger partial charge in [0.05, 0.1) is 0 Å². The number of nitrogens with two attached hydrogens (primary N) is 1. The quantitative estimate of drug-likeness (QED) is 0.752. The van der Waals surface area contributed by atoms with Crippen LogP contribution in [0.3, 0.4) is 0 Å². The Hall–Kier alpha value is -1.37. The van der Waals surface area contributed by atoms with Crippen molar-refractivity contribution in [2.45, 2.75) is 26.8 Å². The minimum Gasteiger partial charge on any atom is -0.383 e. The summed E-state index contributed by atoms with van der Waals surface area (Å²) in [6, 6.07) is 0. The highest BCUT2D eigenvalue weighted by Gasteiger charge is 2.18. The number of nitrogen functional groups attached to an aromatic ring is 1. The Morgan fingerprint density at radius 3 is 2.85 bits per heavy atom. The zero-order chi connectivity index (χ0) is 14.7. The average molecular weight is 298 g/mol. The van der Waals surface area contributed by atoms with E-state index in [1.807, 2.05) is 25.6 Å². The molecule has 20 heavy (non-hydrogen) atoms. The first-order valence-electron chi connectivity index (χ1n) is 6.93. The summed E-state index contributed by atoms with van der Waals surface area (Å²) in [7, 11) is 0. The number of aromatic nitrogens is 2. The van der Waals surface area contributed by atoms with Crippen LogP contribution in [0.25, 0.3) is 0 Å². The second-order valence-corrected chi connectivity index (χ2v) is 6.78. The van der Waals surface area contributed by atoms with Crippen LogP contribution in [0.4, 0.5) is 11.5 Å². The normalized spacial score (nSPS) is 18.6. The molecule has 1 aliphatic heterocycles. The summed E-state index contributed by atoms with van der Waals surface area (Å²) in [6.07, 6.45) is 1.15. The Morgan fingerprint density at radius 1 is 1.50 bits per heavy atom. The van der Waals surface area contributed by atoms with E-state index in [9.17, 15) is 9.59 Å². The van der Waals surface area contributed by atoms with Gasteiger partial charge in [-0.3, -0.25) is 14.3 Å². The van der Waals surface area contributed by atoms with Gasteiger partial charge in [-0.05, 0) is 29.8 Å². The van der Waals surface area contributed by atoms with Crippen molar-refractivity contribution in [1.29, 1.82) is 0 Å². The van der Waals surface area contributed by atoms with E-state index in [1.165, 1.54) is 10.3 Å². The van der Waals surface area contributed by atoms with E-state index in [2.05, 4.69) is 10.3 Å². The van der Waals surface area contributed by atoms with Crippen molar-refractivity contribution >= 4 is 23.3 Å². The molecule has 0 saturated carbocycles. The minimum absolute atomic E-state index is 0.234. The zero-order valence-corrected chi connectivity index (χ0v) is 12.8. The van der Waals surface area contributed by atoms with E-state index < -0.39 is 11.2 Å². The molecule has 1 aromatic rings. The van der Waals surface area contributed by atoms with E-state index >= 15 is 0 Å². The number of hydrogen-bond acceptors (Lipinski definition) is 5. The van der Waals surface area contributed by atoms with Crippen LogP contribution >= 0.6 is 11.8 Å². The Balaban J connectivity index is 2.22. The molecule has 0 spiro atoms. The van der Waals surface area contributed by atoms with Crippen molar-refractivity contribution in [3.63, 3.8) is 0 Å². The van der Waals surface area contributed by atoms with Gasteiger partial charge >= 0.3 is 5.69 Å². The third-order valence-corrected chi connectivity index (χ3v) is 4.61. The lowest BCUT2D eigenvalue weighted by Crippen LogP contribution is -2.35. The van der Waals surface area contributed by atoms with Crippen molar-refractivity contribution in [1.82, 2.24) is 9.55 Å². The first-order valence-corrected chi connectivity index (χ1v) is 8.08. The number of nitrogens with one attached hydrogen (secondary N) is 2. The molecule has 6 nitrogen and oxygen atoms in total. The molecule has 0 radical (unpaired) electrons. The summed E-state index contributed by atoms with van der Waals surface area (Å²) in [5.41, 5.74) is 5.44. The van der Waals surface area contributed by atoms with E-state index in [4.69, 9.17) is 5.73 Å². The van der Waals surface area contributed by atoms with Crippen LogP contribution in [0.5, 0.6) is 0 Å². The van der Waals surface area contributed by atoms with Crippen molar-refractivity contribution in [2.75, 3.05) is 29.1 Å². The molecule has 0 aromatic carbocycles. The van der Waals surface area contributed by atoms with Crippen LogP contribution in [0, 0.1) is 11.8 Å². The predicted octanol–water partition coefficient (Wildman–Crippen LogP) is 0.940.